The second-order valence-corrected chi connectivity index (χ2v) is 6.94. The topological polar surface area (TPSA) is 69.4 Å². The van der Waals surface area contributed by atoms with Crippen LogP contribution in [0.3, 0.4) is 0 Å². The van der Waals surface area contributed by atoms with E-state index in [4.69, 9.17) is 10.5 Å². The molecule has 0 amide bonds. The minimum absolute atomic E-state index is 0.0601. The van der Waals surface area contributed by atoms with Gasteiger partial charge in [-0.2, -0.15) is 0 Å². The highest BCUT2D eigenvalue weighted by molar-refractivity contribution is 7.91. The second-order valence-electron chi connectivity index (χ2n) is 4.86. The Labute approximate surface area is 125 Å². The Morgan fingerprint density at radius 2 is 1.81 bits per heavy atom. The molecule has 0 radical (unpaired) electrons. The lowest BCUT2D eigenvalue weighted by atomic mass is 10.2. The van der Waals surface area contributed by atoms with Crippen molar-refractivity contribution in [3.63, 3.8) is 0 Å². The lowest BCUT2D eigenvalue weighted by Crippen LogP contribution is -2.12. The van der Waals surface area contributed by atoms with Crippen LogP contribution in [-0.2, 0) is 9.84 Å². The Morgan fingerprint density at radius 3 is 2.48 bits per heavy atom. The van der Waals surface area contributed by atoms with Crippen LogP contribution in [0.1, 0.15) is 12.0 Å². The summed E-state index contributed by atoms with van der Waals surface area (Å²) in [4.78, 5) is 0.344. The Kier molecular flexibility index (Phi) is 4.85. The van der Waals surface area contributed by atoms with Gasteiger partial charge in [-0.3, -0.25) is 0 Å². The number of benzene rings is 2. The van der Waals surface area contributed by atoms with E-state index in [0.29, 0.717) is 29.2 Å². The molecule has 0 heterocycles. The molecule has 2 N–H and O–H groups in total. The number of aryl methyl sites for hydroxylation is 1. The summed E-state index contributed by atoms with van der Waals surface area (Å²) in [6, 6.07) is 14.2. The summed E-state index contributed by atoms with van der Waals surface area (Å²) in [6.07, 6.45) is 0.445. The normalized spacial score (nSPS) is 11.3. The minimum Gasteiger partial charge on any atom is -0.494 e. The maximum atomic E-state index is 12.3. The van der Waals surface area contributed by atoms with Gasteiger partial charge in [0.2, 0.25) is 0 Å². The molecule has 0 aliphatic carbocycles. The minimum atomic E-state index is -3.30. The van der Waals surface area contributed by atoms with E-state index in [-0.39, 0.29) is 5.75 Å². The SMILES string of the molecule is Cc1cc(N)ccc1S(=O)(=O)CCCOc1ccccc1. The molecule has 0 spiro atoms. The maximum Gasteiger partial charge on any atom is 0.178 e. The number of anilines is 1. The van der Waals surface area contributed by atoms with Crippen molar-refractivity contribution >= 4 is 15.5 Å². The average Bonchev–Trinajstić information content (AvgIpc) is 2.44. The van der Waals surface area contributed by atoms with E-state index in [1.54, 1.807) is 25.1 Å². The van der Waals surface area contributed by atoms with Crippen molar-refractivity contribution in [2.75, 3.05) is 18.1 Å². The fraction of sp³-hybridized carbons (Fsp3) is 0.250. The third-order valence-corrected chi connectivity index (χ3v) is 5.06. The lowest BCUT2D eigenvalue weighted by Gasteiger charge is -2.09. The third-order valence-electron chi connectivity index (χ3n) is 3.10. The van der Waals surface area contributed by atoms with Crippen molar-refractivity contribution in [2.24, 2.45) is 0 Å². The Bertz CT molecular complexity index is 697. The van der Waals surface area contributed by atoms with Crippen LogP contribution < -0.4 is 10.5 Å². The summed E-state index contributed by atoms with van der Waals surface area (Å²) in [5.74, 6) is 0.809. The standard InChI is InChI=1S/C16H19NO3S/c1-13-12-14(17)8-9-16(13)21(18,19)11-5-10-20-15-6-3-2-4-7-15/h2-4,6-9,12H,5,10-11,17H2,1H3. The van der Waals surface area contributed by atoms with Gasteiger partial charge in [0.1, 0.15) is 5.75 Å². The van der Waals surface area contributed by atoms with Gasteiger partial charge < -0.3 is 10.5 Å². The molecule has 0 fully saturated rings. The van der Waals surface area contributed by atoms with Crippen LogP contribution in [0.5, 0.6) is 5.75 Å². The summed E-state index contributed by atoms with van der Waals surface area (Å²) in [5.41, 5.74) is 6.89. The zero-order valence-electron chi connectivity index (χ0n) is 12.0. The molecule has 2 aromatic rings. The molecule has 0 aliphatic heterocycles. The summed E-state index contributed by atoms with van der Waals surface area (Å²) >= 11 is 0. The smallest absolute Gasteiger partial charge is 0.178 e. The monoisotopic (exact) mass is 305 g/mol. The van der Waals surface area contributed by atoms with E-state index in [2.05, 4.69) is 0 Å². The maximum absolute atomic E-state index is 12.3. The van der Waals surface area contributed by atoms with Crippen molar-refractivity contribution in [1.82, 2.24) is 0 Å². The van der Waals surface area contributed by atoms with E-state index >= 15 is 0 Å². The molecule has 4 nitrogen and oxygen atoms in total. The summed E-state index contributed by atoms with van der Waals surface area (Å²) in [6.45, 7) is 2.13. The summed E-state index contributed by atoms with van der Waals surface area (Å²) in [5, 5.41) is 0. The van der Waals surface area contributed by atoms with Crippen LogP contribution in [0.25, 0.3) is 0 Å². The van der Waals surface area contributed by atoms with Crippen molar-refractivity contribution in [1.29, 1.82) is 0 Å². The second kappa shape index (κ2) is 6.63. The van der Waals surface area contributed by atoms with Gasteiger partial charge in [0.15, 0.2) is 9.84 Å². The fourth-order valence-electron chi connectivity index (χ4n) is 2.09. The number of hydrogen-bond acceptors (Lipinski definition) is 4. The highest BCUT2D eigenvalue weighted by Crippen LogP contribution is 2.20. The van der Waals surface area contributed by atoms with Gasteiger partial charge in [-0.05, 0) is 49.2 Å². The first kappa shape index (κ1) is 15.4. The number of para-hydroxylation sites is 1. The molecule has 0 unspecified atom stereocenters. The van der Waals surface area contributed by atoms with E-state index in [9.17, 15) is 8.42 Å². The van der Waals surface area contributed by atoms with Gasteiger partial charge >= 0.3 is 0 Å². The molecule has 2 aromatic carbocycles. The highest BCUT2D eigenvalue weighted by Gasteiger charge is 2.16. The predicted octanol–water partition coefficient (Wildman–Crippen LogP) is 2.82. The first-order valence-electron chi connectivity index (χ1n) is 6.76. The number of hydrogen-bond donors (Lipinski definition) is 1. The van der Waals surface area contributed by atoms with Crippen LogP contribution in [-0.4, -0.2) is 20.8 Å². The summed E-state index contributed by atoms with van der Waals surface area (Å²) < 4.78 is 30.1. The van der Waals surface area contributed by atoms with Gasteiger partial charge in [0.25, 0.3) is 0 Å². The Balaban J connectivity index is 1.92. The third kappa shape index (κ3) is 4.23. The number of rotatable bonds is 6. The zero-order chi connectivity index (χ0) is 15.3. The predicted molar refractivity (Wildman–Crippen MR) is 84.2 cm³/mol. The molecule has 0 aromatic heterocycles. The molecule has 0 aliphatic rings. The molecular formula is C16H19NO3S. The molecule has 0 saturated heterocycles. The number of nitrogen functional groups attached to an aromatic ring is 1. The first-order chi connectivity index (χ1) is 9.99. The van der Waals surface area contributed by atoms with Crippen molar-refractivity contribution in [3.8, 4) is 5.75 Å². The quantitative estimate of drug-likeness (QED) is 0.658. The van der Waals surface area contributed by atoms with Gasteiger partial charge in [-0.25, -0.2) is 8.42 Å². The molecule has 2 rings (SSSR count). The lowest BCUT2D eigenvalue weighted by molar-refractivity contribution is 0.317. The van der Waals surface area contributed by atoms with Crippen LogP contribution in [0, 0.1) is 6.92 Å². The summed E-state index contributed by atoms with van der Waals surface area (Å²) in [7, 11) is -3.30. The van der Waals surface area contributed by atoms with E-state index in [1.807, 2.05) is 30.3 Å². The van der Waals surface area contributed by atoms with Crippen LogP contribution >= 0.6 is 0 Å². The van der Waals surface area contributed by atoms with E-state index < -0.39 is 9.84 Å². The van der Waals surface area contributed by atoms with E-state index in [1.165, 1.54) is 0 Å². The van der Waals surface area contributed by atoms with Crippen molar-refractivity contribution < 1.29 is 13.2 Å². The van der Waals surface area contributed by atoms with Gasteiger partial charge in [0, 0.05) is 5.69 Å². The van der Waals surface area contributed by atoms with Gasteiger partial charge in [0.05, 0.1) is 17.3 Å². The first-order valence-corrected chi connectivity index (χ1v) is 8.41. The molecule has 0 saturated carbocycles. The Hall–Kier alpha value is -2.01. The van der Waals surface area contributed by atoms with Gasteiger partial charge in [-0.15, -0.1) is 0 Å². The van der Waals surface area contributed by atoms with Crippen molar-refractivity contribution in [2.45, 2.75) is 18.2 Å². The number of sulfone groups is 1. The zero-order valence-corrected chi connectivity index (χ0v) is 12.8. The molecule has 0 bridgehead atoms. The highest BCUT2D eigenvalue weighted by atomic mass is 32.2. The number of ether oxygens (including phenoxy) is 1. The molecular weight excluding hydrogens is 286 g/mol. The molecule has 112 valence electrons. The van der Waals surface area contributed by atoms with Crippen LogP contribution in [0.4, 0.5) is 5.69 Å². The van der Waals surface area contributed by atoms with E-state index in [0.717, 1.165) is 5.75 Å². The van der Waals surface area contributed by atoms with Crippen molar-refractivity contribution in [3.05, 3.63) is 54.1 Å². The molecule has 0 atom stereocenters. The molecule has 21 heavy (non-hydrogen) atoms. The average molecular weight is 305 g/mol. The van der Waals surface area contributed by atoms with Gasteiger partial charge in [-0.1, -0.05) is 18.2 Å². The molecule has 5 heteroatoms. The van der Waals surface area contributed by atoms with Crippen LogP contribution in [0.15, 0.2) is 53.4 Å². The largest absolute Gasteiger partial charge is 0.494 e. The number of nitrogens with two attached hydrogens (primary N) is 1. The Morgan fingerprint density at radius 1 is 1.10 bits per heavy atom. The van der Waals surface area contributed by atoms with Crippen LogP contribution in [0.2, 0.25) is 0 Å². The fourth-order valence-corrected chi connectivity index (χ4v) is 3.63.